The Morgan fingerprint density at radius 1 is 1.17 bits per heavy atom. The Hall–Kier alpha value is -0.860. The van der Waals surface area contributed by atoms with Gasteiger partial charge in [-0.3, -0.25) is 0 Å². The fraction of sp³-hybridized carbons (Fsp3) is 0.625. The molecule has 2 aliphatic rings. The molecule has 1 heterocycles. The molecule has 1 aromatic carbocycles. The van der Waals surface area contributed by atoms with Crippen molar-refractivity contribution in [3.05, 3.63) is 35.4 Å². The van der Waals surface area contributed by atoms with Gasteiger partial charge in [0, 0.05) is 12.6 Å². The van der Waals surface area contributed by atoms with E-state index in [9.17, 15) is 0 Å². The van der Waals surface area contributed by atoms with Crippen LogP contribution in [0.1, 0.15) is 49.3 Å². The third-order valence-electron chi connectivity index (χ3n) is 4.59. The lowest BCUT2D eigenvalue weighted by molar-refractivity contribution is 0.0956. The molecule has 0 saturated carbocycles. The number of nitrogens with two attached hydrogens (primary N) is 1. The average molecular weight is 245 g/mol. The first kappa shape index (κ1) is 12.2. The molecule has 0 amide bonds. The molecule has 1 saturated heterocycles. The van der Waals surface area contributed by atoms with Crippen LogP contribution in [0, 0.1) is 5.92 Å². The fourth-order valence-electron chi connectivity index (χ4n) is 3.46. The summed E-state index contributed by atoms with van der Waals surface area (Å²) in [6.45, 7) is 0.963. The zero-order chi connectivity index (χ0) is 12.4. The molecular weight excluding hydrogens is 222 g/mol. The van der Waals surface area contributed by atoms with E-state index in [4.69, 9.17) is 10.5 Å². The molecule has 0 aromatic heterocycles. The number of rotatable bonds is 3. The van der Waals surface area contributed by atoms with Crippen LogP contribution in [0.4, 0.5) is 0 Å². The fourth-order valence-corrected chi connectivity index (χ4v) is 3.46. The zero-order valence-corrected chi connectivity index (χ0v) is 11.0. The maximum absolute atomic E-state index is 6.43. The molecule has 1 aliphatic carbocycles. The van der Waals surface area contributed by atoms with Crippen LogP contribution in [0.5, 0.6) is 0 Å². The lowest BCUT2D eigenvalue weighted by atomic mass is 9.77. The quantitative estimate of drug-likeness (QED) is 0.887. The van der Waals surface area contributed by atoms with Gasteiger partial charge in [-0.05, 0) is 55.6 Å². The van der Waals surface area contributed by atoms with Gasteiger partial charge in [0.25, 0.3) is 0 Å². The van der Waals surface area contributed by atoms with Gasteiger partial charge in [0.05, 0.1) is 6.10 Å². The Morgan fingerprint density at radius 3 is 2.89 bits per heavy atom. The number of ether oxygens (including phenoxy) is 1. The molecule has 18 heavy (non-hydrogen) atoms. The summed E-state index contributed by atoms with van der Waals surface area (Å²) < 4.78 is 5.71. The first-order chi connectivity index (χ1) is 8.84. The van der Waals surface area contributed by atoms with Crippen LogP contribution >= 0.6 is 0 Å². The minimum atomic E-state index is 0.233. The van der Waals surface area contributed by atoms with Crippen molar-refractivity contribution in [3.63, 3.8) is 0 Å². The molecule has 0 bridgehead atoms. The molecule has 1 aliphatic heterocycles. The predicted molar refractivity (Wildman–Crippen MR) is 73.4 cm³/mol. The van der Waals surface area contributed by atoms with Crippen molar-refractivity contribution in [2.24, 2.45) is 11.7 Å². The van der Waals surface area contributed by atoms with Crippen LogP contribution in [0.25, 0.3) is 0 Å². The molecule has 3 atom stereocenters. The molecule has 3 unspecified atom stereocenters. The predicted octanol–water partition coefficient (Wildman–Crippen LogP) is 3.21. The van der Waals surface area contributed by atoms with Crippen LogP contribution in [-0.4, -0.2) is 12.7 Å². The van der Waals surface area contributed by atoms with Gasteiger partial charge in [0.15, 0.2) is 0 Å². The second-order valence-corrected chi connectivity index (χ2v) is 5.74. The van der Waals surface area contributed by atoms with Crippen molar-refractivity contribution in [1.82, 2.24) is 0 Å². The molecule has 98 valence electrons. The first-order valence-corrected chi connectivity index (χ1v) is 7.29. The number of hydrogen-bond acceptors (Lipinski definition) is 2. The number of aryl methyl sites for hydroxylation is 1. The van der Waals surface area contributed by atoms with Crippen molar-refractivity contribution in [2.45, 2.75) is 50.7 Å². The smallest absolute Gasteiger partial charge is 0.0576 e. The number of benzene rings is 1. The van der Waals surface area contributed by atoms with E-state index >= 15 is 0 Å². The summed E-state index contributed by atoms with van der Waals surface area (Å²) in [6.07, 6.45) is 7.85. The van der Waals surface area contributed by atoms with E-state index in [0.717, 1.165) is 6.61 Å². The molecule has 0 radical (unpaired) electrons. The molecule has 2 nitrogen and oxygen atoms in total. The standard InChI is InChI=1S/C16H23NO/c17-16-13(9-10-14-5-3-11-18-14)8-7-12-4-1-2-6-15(12)16/h1-2,4,6,13-14,16H,3,5,7-11,17H2. The largest absolute Gasteiger partial charge is 0.378 e. The zero-order valence-electron chi connectivity index (χ0n) is 11.0. The van der Waals surface area contributed by atoms with Gasteiger partial charge in [-0.1, -0.05) is 24.3 Å². The Bertz CT molecular complexity index is 398. The van der Waals surface area contributed by atoms with Gasteiger partial charge in [0.1, 0.15) is 0 Å². The second kappa shape index (κ2) is 5.41. The summed E-state index contributed by atoms with van der Waals surface area (Å²) in [4.78, 5) is 0. The highest BCUT2D eigenvalue weighted by Gasteiger charge is 2.27. The van der Waals surface area contributed by atoms with Crippen LogP contribution in [-0.2, 0) is 11.2 Å². The Labute approximate surface area is 110 Å². The van der Waals surface area contributed by atoms with E-state index in [1.807, 2.05) is 0 Å². The van der Waals surface area contributed by atoms with Crippen LogP contribution in [0.2, 0.25) is 0 Å². The SMILES string of the molecule is NC1c2ccccc2CCC1CCC1CCCO1. The van der Waals surface area contributed by atoms with Gasteiger partial charge in [-0.25, -0.2) is 0 Å². The van der Waals surface area contributed by atoms with Gasteiger partial charge >= 0.3 is 0 Å². The van der Waals surface area contributed by atoms with Crippen molar-refractivity contribution in [1.29, 1.82) is 0 Å². The lowest BCUT2D eigenvalue weighted by Gasteiger charge is -2.31. The summed E-state index contributed by atoms with van der Waals surface area (Å²) in [7, 11) is 0. The van der Waals surface area contributed by atoms with Crippen molar-refractivity contribution in [2.75, 3.05) is 6.61 Å². The van der Waals surface area contributed by atoms with E-state index in [0.29, 0.717) is 12.0 Å². The topological polar surface area (TPSA) is 35.2 Å². The highest BCUT2D eigenvalue weighted by Crippen LogP contribution is 2.36. The number of hydrogen-bond donors (Lipinski definition) is 1. The molecule has 2 heteroatoms. The molecule has 1 aromatic rings. The van der Waals surface area contributed by atoms with Crippen LogP contribution < -0.4 is 5.73 Å². The van der Waals surface area contributed by atoms with E-state index in [1.54, 1.807) is 0 Å². The average Bonchev–Trinajstić information content (AvgIpc) is 2.91. The minimum Gasteiger partial charge on any atom is -0.378 e. The summed E-state index contributed by atoms with van der Waals surface area (Å²) in [6, 6.07) is 8.90. The first-order valence-electron chi connectivity index (χ1n) is 7.29. The Balaban J connectivity index is 1.61. The molecule has 3 rings (SSSR count). The molecule has 1 fully saturated rings. The summed E-state index contributed by atoms with van der Waals surface area (Å²) in [5.74, 6) is 0.643. The van der Waals surface area contributed by atoms with Crippen molar-refractivity contribution >= 4 is 0 Å². The van der Waals surface area contributed by atoms with Crippen LogP contribution in [0.3, 0.4) is 0 Å². The number of fused-ring (bicyclic) bond motifs is 1. The highest BCUT2D eigenvalue weighted by molar-refractivity contribution is 5.32. The lowest BCUT2D eigenvalue weighted by Crippen LogP contribution is -2.28. The maximum atomic E-state index is 6.43. The van der Waals surface area contributed by atoms with E-state index in [-0.39, 0.29) is 6.04 Å². The summed E-state index contributed by atoms with van der Waals surface area (Å²) in [5, 5.41) is 0. The van der Waals surface area contributed by atoms with Gasteiger partial charge in [-0.2, -0.15) is 0 Å². The monoisotopic (exact) mass is 245 g/mol. The molecular formula is C16H23NO. The Kier molecular flexibility index (Phi) is 3.67. The van der Waals surface area contributed by atoms with E-state index in [2.05, 4.69) is 24.3 Å². The molecule has 2 N–H and O–H groups in total. The van der Waals surface area contributed by atoms with Gasteiger partial charge in [-0.15, -0.1) is 0 Å². The second-order valence-electron chi connectivity index (χ2n) is 5.74. The third-order valence-corrected chi connectivity index (χ3v) is 4.59. The molecule has 0 spiro atoms. The van der Waals surface area contributed by atoms with Crippen LogP contribution in [0.15, 0.2) is 24.3 Å². The summed E-state index contributed by atoms with van der Waals surface area (Å²) >= 11 is 0. The van der Waals surface area contributed by atoms with Gasteiger partial charge < -0.3 is 10.5 Å². The van der Waals surface area contributed by atoms with Gasteiger partial charge in [0.2, 0.25) is 0 Å². The van der Waals surface area contributed by atoms with E-state index < -0.39 is 0 Å². The summed E-state index contributed by atoms with van der Waals surface area (Å²) in [5.41, 5.74) is 9.27. The normalized spacial score (nSPS) is 31.3. The minimum absolute atomic E-state index is 0.233. The third kappa shape index (κ3) is 2.45. The maximum Gasteiger partial charge on any atom is 0.0576 e. The van der Waals surface area contributed by atoms with Crippen molar-refractivity contribution in [3.8, 4) is 0 Å². The highest BCUT2D eigenvalue weighted by atomic mass is 16.5. The Morgan fingerprint density at radius 2 is 2.06 bits per heavy atom. The van der Waals surface area contributed by atoms with E-state index in [1.165, 1.54) is 49.7 Å². The van der Waals surface area contributed by atoms with Crippen molar-refractivity contribution < 1.29 is 4.74 Å².